The molecule has 5 N–H and O–H groups in total. The van der Waals surface area contributed by atoms with Crippen LogP contribution in [0.4, 0.5) is 11.4 Å². The number of anilines is 2. The molecule has 1 atom stereocenters. The van der Waals surface area contributed by atoms with Crippen molar-refractivity contribution in [1.82, 2.24) is 5.32 Å². The molecule has 1 aliphatic heterocycles. The topological polar surface area (TPSA) is 107 Å². The number of ether oxygens (including phenoxy) is 1. The first kappa shape index (κ1) is 13.2. The van der Waals surface area contributed by atoms with Crippen LogP contribution in [0.2, 0.25) is 0 Å². The molecule has 102 valence electrons. The number of nitrogens with two attached hydrogens (primary N) is 2. The largest absolute Gasteiger partial charge is 0.449 e. The Morgan fingerprint density at radius 3 is 2.58 bits per heavy atom. The van der Waals surface area contributed by atoms with Gasteiger partial charge in [-0.3, -0.25) is 4.79 Å². The van der Waals surface area contributed by atoms with Crippen LogP contribution in [-0.2, 0) is 9.53 Å². The van der Waals surface area contributed by atoms with Crippen LogP contribution < -0.4 is 16.8 Å². The van der Waals surface area contributed by atoms with E-state index in [1.165, 1.54) is 12.1 Å². The van der Waals surface area contributed by atoms with Crippen LogP contribution in [0.5, 0.6) is 0 Å². The Hall–Kier alpha value is -2.24. The van der Waals surface area contributed by atoms with Crippen molar-refractivity contribution in [2.75, 3.05) is 18.0 Å². The Labute approximate surface area is 111 Å². The molecule has 1 fully saturated rings. The Kier molecular flexibility index (Phi) is 3.89. The predicted octanol–water partition coefficient (Wildman–Crippen LogP) is 0.677. The van der Waals surface area contributed by atoms with E-state index in [4.69, 9.17) is 16.2 Å². The minimum Gasteiger partial charge on any atom is -0.449 e. The van der Waals surface area contributed by atoms with E-state index in [-0.39, 0.29) is 11.5 Å². The molecule has 0 spiro atoms. The molecule has 1 saturated heterocycles. The normalized spacial score (nSPS) is 19.4. The number of esters is 1. The van der Waals surface area contributed by atoms with Crippen molar-refractivity contribution in [3.8, 4) is 0 Å². The maximum absolute atomic E-state index is 12.0. The van der Waals surface area contributed by atoms with Gasteiger partial charge < -0.3 is 21.5 Å². The maximum atomic E-state index is 12.0. The highest BCUT2D eigenvalue weighted by atomic mass is 16.5. The summed E-state index contributed by atoms with van der Waals surface area (Å²) in [4.78, 5) is 23.6. The van der Waals surface area contributed by atoms with E-state index in [0.29, 0.717) is 24.3 Å². The molecular formula is C13H17N3O3. The van der Waals surface area contributed by atoms with Gasteiger partial charge in [0.1, 0.15) is 0 Å². The molecule has 1 unspecified atom stereocenters. The number of hydrogen-bond acceptors (Lipinski definition) is 5. The fraction of sp³-hybridized carbons (Fsp3) is 0.385. The minimum atomic E-state index is -0.738. The second kappa shape index (κ2) is 5.60. The third-order valence-electron chi connectivity index (χ3n) is 2.95. The number of hydrogen-bond donors (Lipinski definition) is 3. The standard InChI is InChI=1S/C13H17N3O3/c14-9-5-8(6-10(15)7-9)13(18)19-11-3-1-2-4-16-12(11)17/h5-7,11H,1-4,14-15H2,(H,16,17). The number of nitrogens with one attached hydrogen (secondary N) is 1. The average Bonchev–Trinajstić information content (AvgIpc) is 2.54. The molecule has 1 amide bonds. The first-order valence-electron chi connectivity index (χ1n) is 6.21. The Morgan fingerprint density at radius 2 is 1.89 bits per heavy atom. The lowest BCUT2D eigenvalue weighted by molar-refractivity contribution is -0.129. The van der Waals surface area contributed by atoms with Crippen molar-refractivity contribution in [2.24, 2.45) is 0 Å². The van der Waals surface area contributed by atoms with E-state index < -0.39 is 12.1 Å². The molecule has 0 bridgehead atoms. The molecule has 2 rings (SSSR count). The number of benzene rings is 1. The van der Waals surface area contributed by atoms with Gasteiger partial charge in [-0.25, -0.2) is 4.79 Å². The molecular weight excluding hydrogens is 246 g/mol. The molecule has 6 nitrogen and oxygen atoms in total. The molecule has 1 aliphatic rings. The molecule has 6 heteroatoms. The van der Waals surface area contributed by atoms with Gasteiger partial charge in [-0.15, -0.1) is 0 Å². The van der Waals surface area contributed by atoms with Gasteiger partial charge in [0, 0.05) is 17.9 Å². The van der Waals surface area contributed by atoms with Gasteiger partial charge in [0.2, 0.25) is 0 Å². The first-order valence-corrected chi connectivity index (χ1v) is 6.21. The van der Waals surface area contributed by atoms with Crippen molar-refractivity contribution < 1.29 is 14.3 Å². The SMILES string of the molecule is Nc1cc(N)cc(C(=O)OC2CCCCNC2=O)c1. The van der Waals surface area contributed by atoms with Gasteiger partial charge in [-0.2, -0.15) is 0 Å². The lowest BCUT2D eigenvalue weighted by Crippen LogP contribution is -2.36. The van der Waals surface area contributed by atoms with E-state index in [0.717, 1.165) is 12.8 Å². The van der Waals surface area contributed by atoms with Crippen LogP contribution in [-0.4, -0.2) is 24.5 Å². The van der Waals surface area contributed by atoms with E-state index in [2.05, 4.69) is 5.32 Å². The summed E-state index contributed by atoms with van der Waals surface area (Å²) in [6.45, 7) is 0.623. The zero-order chi connectivity index (χ0) is 13.8. The molecule has 0 aliphatic carbocycles. The smallest absolute Gasteiger partial charge is 0.339 e. The van der Waals surface area contributed by atoms with Crippen molar-refractivity contribution in [3.05, 3.63) is 23.8 Å². The van der Waals surface area contributed by atoms with Crippen molar-refractivity contribution >= 4 is 23.3 Å². The van der Waals surface area contributed by atoms with Gasteiger partial charge >= 0.3 is 5.97 Å². The van der Waals surface area contributed by atoms with Crippen molar-refractivity contribution in [2.45, 2.75) is 25.4 Å². The third kappa shape index (κ3) is 3.37. The average molecular weight is 263 g/mol. The number of carbonyl (C=O) groups is 2. The maximum Gasteiger partial charge on any atom is 0.339 e. The molecule has 19 heavy (non-hydrogen) atoms. The van der Waals surface area contributed by atoms with E-state index in [1.54, 1.807) is 6.07 Å². The number of nitrogen functional groups attached to an aromatic ring is 2. The molecule has 1 aromatic rings. The van der Waals surface area contributed by atoms with Crippen molar-refractivity contribution in [3.63, 3.8) is 0 Å². The van der Waals surface area contributed by atoms with Crippen LogP contribution in [0.15, 0.2) is 18.2 Å². The van der Waals surface area contributed by atoms with Gasteiger partial charge in [-0.05, 0) is 37.5 Å². The molecule has 1 aromatic carbocycles. The monoisotopic (exact) mass is 263 g/mol. The molecule has 1 heterocycles. The Morgan fingerprint density at radius 1 is 1.21 bits per heavy atom. The Bertz CT molecular complexity index is 482. The number of carbonyl (C=O) groups excluding carboxylic acids is 2. The summed E-state index contributed by atoms with van der Waals surface area (Å²) in [6.07, 6.45) is 1.54. The molecule has 0 saturated carbocycles. The predicted molar refractivity (Wildman–Crippen MR) is 71.3 cm³/mol. The summed E-state index contributed by atoms with van der Waals surface area (Å²) in [5, 5.41) is 2.71. The quantitative estimate of drug-likeness (QED) is 0.537. The summed E-state index contributed by atoms with van der Waals surface area (Å²) in [7, 11) is 0. The van der Waals surface area contributed by atoms with Crippen LogP contribution in [0, 0.1) is 0 Å². The lowest BCUT2D eigenvalue weighted by atomic mass is 10.1. The highest BCUT2D eigenvalue weighted by molar-refractivity contribution is 5.94. The summed E-state index contributed by atoms with van der Waals surface area (Å²) in [5.74, 6) is -0.830. The van der Waals surface area contributed by atoms with Gasteiger partial charge in [0.05, 0.1) is 5.56 Å². The second-order valence-corrected chi connectivity index (χ2v) is 4.57. The fourth-order valence-electron chi connectivity index (χ4n) is 2.02. The summed E-state index contributed by atoms with van der Waals surface area (Å²) in [5.41, 5.74) is 12.3. The molecule has 0 radical (unpaired) electrons. The zero-order valence-corrected chi connectivity index (χ0v) is 10.5. The second-order valence-electron chi connectivity index (χ2n) is 4.57. The summed E-state index contributed by atoms with van der Waals surface area (Å²) >= 11 is 0. The lowest BCUT2D eigenvalue weighted by Gasteiger charge is -2.14. The van der Waals surface area contributed by atoms with Gasteiger partial charge in [-0.1, -0.05) is 0 Å². The van der Waals surface area contributed by atoms with E-state index >= 15 is 0 Å². The summed E-state index contributed by atoms with van der Waals surface area (Å²) in [6, 6.07) is 4.51. The Balaban J connectivity index is 2.09. The third-order valence-corrected chi connectivity index (χ3v) is 2.95. The zero-order valence-electron chi connectivity index (χ0n) is 10.5. The first-order chi connectivity index (χ1) is 9.06. The summed E-state index contributed by atoms with van der Waals surface area (Å²) < 4.78 is 5.22. The molecule has 0 aromatic heterocycles. The van der Waals surface area contributed by atoms with E-state index in [1.807, 2.05) is 0 Å². The van der Waals surface area contributed by atoms with Crippen LogP contribution >= 0.6 is 0 Å². The minimum absolute atomic E-state index is 0.247. The highest BCUT2D eigenvalue weighted by Crippen LogP contribution is 2.17. The van der Waals surface area contributed by atoms with E-state index in [9.17, 15) is 9.59 Å². The van der Waals surface area contributed by atoms with Crippen LogP contribution in [0.3, 0.4) is 0 Å². The van der Waals surface area contributed by atoms with Crippen LogP contribution in [0.25, 0.3) is 0 Å². The van der Waals surface area contributed by atoms with Gasteiger partial charge in [0.15, 0.2) is 6.10 Å². The number of rotatable bonds is 2. The highest BCUT2D eigenvalue weighted by Gasteiger charge is 2.25. The van der Waals surface area contributed by atoms with Crippen LogP contribution in [0.1, 0.15) is 29.6 Å². The fourth-order valence-corrected chi connectivity index (χ4v) is 2.02. The number of amides is 1. The van der Waals surface area contributed by atoms with Gasteiger partial charge in [0.25, 0.3) is 5.91 Å². The van der Waals surface area contributed by atoms with Crippen molar-refractivity contribution in [1.29, 1.82) is 0 Å².